The molecule has 4 rings (SSSR count). The third kappa shape index (κ3) is 4.39. The highest BCUT2D eigenvalue weighted by Gasteiger charge is 2.29. The molecule has 1 fully saturated rings. The molecule has 2 heterocycles. The van der Waals surface area contributed by atoms with Crippen molar-refractivity contribution >= 4 is 31.3 Å². The Bertz CT molecular complexity index is 1210. The molecular formula is C21H18Cl2N2O3S. The van der Waals surface area contributed by atoms with Gasteiger partial charge in [0.1, 0.15) is 10.6 Å². The monoisotopic (exact) mass is 448 g/mol. The van der Waals surface area contributed by atoms with E-state index in [-0.39, 0.29) is 10.8 Å². The summed E-state index contributed by atoms with van der Waals surface area (Å²) >= 11 is 6.03. The largest absolute Gasteiger partial charge is 0.437 e. The van der Waals surface area contributed by atoms with Crippen LogP contribution >= 0.6 is 22.3 Å². The number of aromatic nitrogens is 2. The van der Waals surface area contributed by atoms with Crippen molar-refractivity contribution in [3.8, 4) is 22.9 Å². The first-order valence-electron chi connectivity index (χ1n) is 9.08. The Morgan fingerprint density at radius 1 is 1.10 bits per heavy atom. The van der Waals surface area contributed by atoms with E-state index >= 15 is 0 Å². The molecule has 1 aromatic carbocycles. The summed E-state index contributed by atoms with van der Waals surface area (Å²) in [4.78, 5) is 8.32. The summed E-state index contributed by atoms with van der Waals surface area (Å²) in [6.07, 6.45) is 5.28. The molecular weight excluding hydrogens is 431 g/mol. The van der Waals surface area contributed by atoms with Gasteiger partial charge >= 0.3 is 0 Å². The number of hydrogen-bond acceptors (Lipinski definition) is 5. The van der Waals surface area contributed by atoms with E-state index in [1.165, 1.54) is 12.3 Å². The van der Waals surface area contributed by atoms with Gasteiger partial charge in [0, 0.05) is 28.6 Å². The fourth-order valence-corrected chi connectivity index (χ4v) is 4.37. The number of hydrogen-bond donors (Lipinski definition) is 0. The lowest BCUT2D eigenvalue weighted by Gasteiger charge is -2.16. The summed E-state index contributed by atoms with van der Waals surface area (Å²) in [7, 11) is 1.60. The van der Waals surface area contributed by atoms with Crippen molar-refractivity contribution in [1.29, 1.82) is 0 Å². The van der Waals surface area contributed by atoms with E-state index in [1.807, 2.05) is 19.9 Å². The average Bonchev–Trinajstić information content (AvgIpc) is 3.48. The van der Waals surface area contributed by atoms with Gasteiger partial charge in [-0.05, 0) is 61.9 Å². The maximum atomic E-state index is 12.1. The van der Waals surface area contributed by atoms with Crippen molar-refractivity contribution in [2.24, 2.45) is 0 Å². The summed E-state index contributed by atoms with van der Waals surface area (Å²) in [5.74, 6) is 0.986. The Morgan fingerprint density at radius 3 is 2.52 bits per heavy atom. The Morgan fingerprint density at radius 2 is 1.86 bits per heavy atom. The minimum atomic E-state index is -4.06. The fraction of sp³-hybridized carbons (Fsp3) is 0.238. The van der Waals surface area contributed by atoms with Crippen LogP contribution in [0.5, 0.6) is 11.6 Å². The normalized spacial score (nSPS) is 14.1. The second kappa shape index (κ2) is 7.59. The Balaban J connectivity index is 1.85. The maximum Gasteiger partial charge on any atom is 0.266 e. The predicted molar refractivity (Wildman–Crippen MR) is 113 cm³/mol. The number of aryl methyl sites for hydroxylation is 2. The summed E-state index contributed by atoms with van der Waals surface area (Å²) in [5.41, 5.74) is 4.24. The molecule has 1 aliphatic carbocycles. The first-order valence-corrected chi connectivity index (χ1v) is 11.8. The van der Waals surface area contributed by atoms with Crippen LogP contribution < -0.4 is 4.74 Å². The minimum absolute atomic E-state index is 0.0636. The standard InChI is InChI=1S/C21H18Cl2N2O3S/c1-12-7-13(2)20(17(8-12)14-3-4-14)28-21-19(29(23,26)27)6-5-18(25-21)15-9-16(22)11-24-10-15/h5-11,14H,3-4H2,1-2H3. The molecule has 1 aliphatic rings. The van der Waals surface area contributed by atoms with Crippen LogP contribution in [-0.2, 0) is 9.05 Å². The Labute approximate surface area is 179 Å². The molecule has 0 N–H and O–H groups in total. The van der Waals surface area contributed by atoms with Crippen LogP contribution in [0.3, 0.4) is 0 Å². The van der Waals surface area contributed by atoms with Crippen LogP contribution in [0.4, 0.5) is 0 Å². The number of halogens is 2. The van der Waals surface area contributed by atoms with Gasteiger partial charge in [-0.15, -0.1) is 0 Å². The van der Waals surface area contributed by atoms with E-state index in [0.717, 1.165) is 29.5 Å². The van der Waals surface area contributed by atoms with Crippen LogP contribution in [0.25, 0.3) is 11.3 Å². The first kappa shape index (κ1) is 20.1. The Kier molecular flexibility index (Phi) is 5.27. The molecule has 0 aliphatic heterocycles. The van der Waals surface area contributed by atoms with E-state index in [2.05, 4.69) is 16.0 Å². The number of nitrogens with zero attached hydrogens (tertiary/aromatic N) is 2. The minimum Gasteiger partial charge on any atom is -0.437 e. The quantitative estimate of drug-likeness (QED) is 0.446. The third-order valence-electron chi connectivity index (χ3n) is 4.75. The molecule has 0 spiro atoms. The highest BCUT2D eigenvalue weighted by molar-refractivity contribution is 8.13. The van der Waals surface area contributed by atoms with Gasteiger partial charge in [0.15, 0.2) is 0 Å². The van der Waals surface area contributed by atoms with Gasteiger partial charge in [-0.1, -0.05) is 29.3 Å². The molecule has 8 heteroatoms. The fourth-order valence-electron chi connectivity index (χ4n) is 3.32. The highest BCUT2D eigenvalue weighted by atomic mass is 35.7. The van der Waals surface area contributed by atoms with E-state index in [1.54, 1.807) is 18.3 Å². The second-order valence-corrected chi connectivity index (χ2v) is 10.2. The number of benzene rings is 1. The second-order valence-electron chi connectivity index (χ2n) is 7.21. The molecule has 150 valence electrons. The number of pyridine rings is 2. The zero-order valence-corrected chi connectivity index (χ0v) is 18.1. The molecule has 0 radical (unpaired) electrons. The van der Waals surface area contributed by atoms with Crippen molar-refractivity contribution in [2.75, 3.05) is 0 Å². The lowest BCUT2D eigenvalue weighted by atomic mass is 10.0. The van der Waals surface area contributed by atoms with Crippen LogP contribution in [0.1, 0.15) is 35.4 Å². The molecule has 0 atom stereocenters. The van der Waals surface area contributed by atoms with Gasteiger partial charge in [-0.25, -0.2) is 13.4 Å². The molecule has 2 aromatic heterocycles. The van der Waals surface area contributed by atoms with Gasteiger partial charge in [0.25, 0.3) is 9.05 Å². The maximum absolute atomic E-state index is 12.1. The van der Waals surface area contributed by atoms with E-state index in [0.29, 0.717) is 27.9 Å². The highest BCUT2D eigenvalue weighted by Crippen LogP contribution is 2.47. The predicted octanol–water partition coefficient (Wildman–Crippen LogP) is 6.01. The van der Waals surface area contributed by atoms with Crippen molar-refractivity contribution < 1.29 is 13.2 Å². The summed E-state index contributed by atoms with van der Waals surface area (Å²) in [6.45, 7) is 3.97. The van der Waals surface area contributed by atoms with Crippen LogP contribution in [0, 0.1) is 13.8 Å². The van der Waals surface area contributed by atoms with Gasteiger partial charge in [-0.3, -0.25) is 4.98 Å². The van der Waals surface area contributed by atoms with Crippen LogP contribution in [0.2, 0.25) is 5.02 Å². The third-order valence-corrected chi connectivity index (χ3v) is 6.29. The molecule has 3 aromatic rings. The Hall–Kier alpha value is -2.15. The van der Waals surface area contributed by atoms with Crippen molar-refractivity contribution in [3.05, 3.63) is 64.4 Å². The van der Waals surface area contributed by atoms with Crippen LogP contribution in [0.15, 0.2) is 47.6 Å². The summed E-state index contributed by atoms with van der Waals surface area (Å²) in [5, 5.41) is 0.450. The average molecular weight is 449 g/mol. The van der Waals surface area contributed by atoms with Gasteiger partial charge in [-0.2, -0.15) is 0 Å². The van der Waals surface area contributed by atoms with Crippen molar-refractivity contribution in [1.82, 2.24) is 9.97 Å². The topological polar surface area (TPSA) is 69.2 Å². The van der Waals surface area contributed by atoms with Crippen molar-refractivity contribution in [3.63, 3.8) is 0 Å². The van der Waals surface area contributed by atoms with Crippen molar-refractivity contribution in [2.45, 2.75) is 37.5 Å². The van der Waals surface area contributed by atoms with Crippen LogP contribution in [-0.4, -0.2) is 18.4 Å². The number of ether oxygens (including phenoxy) is 1. The molecule has 29 heavy (non-hydrogen) atoms. The zero-order valence-electron chi connectivity index (χ0n) is 15.8. The molecule has 0 amide bonds. The number of rotatable bonds is 5. The summed E-state index contributed by atoms with van der Waals surface area (Å²) < 4.78 is 30.4. The van der Waals surface area contributed by atoms with E-state index in [9.17, 15) is 8.42 Å². The molecule has 0 saturated heterocycles. The molecule has 0 bridgehead atoms. The molecule has 0 unspecified atom stereocenters. The lowest BCUT2D eigenvalue weighted by Crippen LogP contribution is -2.02. The van der Waals surface area contributed by atoms with Gasteiger partial charge in [0.05, 0.1) is 10.7 Å². The van der Waals surface area contributed by atoms with E-state index < -0.39 is 9.05 Å². The molecule has 1 saturated carbocycles. The van der Waals surface area contributed by atoms with Gasteiger partial charge in [0.2, 0.25) is 5.88 Å². The lowest BCUT2D eigenvalue weighted by molar-refractivity contribution is 0.440. The van der Waals surface area contributed by atoms with Gasteiger partial charge < -0.3 is 4.74 Å². The SMILES string of the molecule is Cc1cc(C)c(Oc2nc(-c3cncc(Cl)c3)ccc2S(=O)(=O)Cl)c(C2CC2)c1. The smallest absolute Gasteiger partial charge is 0.266 e. The first-order chi connectivity index (χ1) is 13.7. The summed E-state index contributed by atoms with van der Waals surface area (Å²) in [6, 6.07) is 8.73. The van der Waals surface area contributed by atoms with E-state index in [4.69, 9.17) is 27.0 Å². The molecule has 5 nitrogen and oxygen atoms in total. The zero-order chi connectivity index (χ0) is 20.8.